The number of hydrogen-bond acceptors (Lipinski definition) is 3. The van der Waals surface area contributed by atoms with E-state index >= 15 is 0 Å². The number of benzene rings is 2. The van der Waals surface area contributed by atoms with Crippen LogP contribution in [0.15, 0.2) is 60.7 Å². The average Bonchev–Trinajstić information content (AvgIpc) is 3.20. The van der Waals surface area contributed by atoms with Crippen LogP contribution in [0.25, 0.3) is 0 Å². The first-order valence-electron chi connectivity index (χ1n) is 10.8. The summed E-state index contributed by atoms with van der Waals surface area (Å²) in [5.74, 6) is 1.98. The first-order chi connectivity index (χ1) is 14.1. The summed E-state index contributed by atoms with van der Waals surface area (Å²) in [5.41, 5.74) is 2.68. The van der Waals surface area contributed by atoms with Crippen molar-refractivity contribution in [3.8, 4) is 0 Å². The predicted molar refractivity (Wildman–Crippen MR) is 124 cm³/mol. The lowest BCUT2D eigenvalue weighted by atomic mass is 10.1. The van der Waals surface area contributed by atoms with Gasteiger partial charge in [-0.2, -0.15) is 0 Å². The molecule has 3 nitrogen and oxygen atoms in total. The molecule has 1 fully saturated rings. The second-order valence-electron chi connectivity index (χ2n) is 8.40. The van der Waals surface area contributed by atoms with Gasteiger partial charge in [-0.25, -0.2) is 0 Å². The zero-order chi connectivity index (χ0) is 20.5. The molecule has 1 aliphatic rings. The van der Waals surface area contributed by atoms with Crippen molar-refractivity contribution in [1.82, 2.24) is 10.2 Å². The molecule has 0 bridgehead atoms. The fourth-order valence-electron chi connectivity index (χ4n) is 3.89. The molecule has 1 saturated heterocycles. The highest BCUT2D eigenvalue weighted by Crippen LogP contribution is 2.24. The van der Waals surface area contributed by atoms with Crippen LogP contribution in [0.4, 0.5) is 0 Å². The minimum absolute atomic E-state index is 0.00536. The molecule has 1 N–H and O–H groups in total. The molecule has 1 aliphatic heterocycles. The number of amides is 1. The van der Waals surface area contributed by atoms with E-state index in [1.54, 1.807) is 11.8 Å². The number of likely N-dealkylation sites (tertiary alicyclic amines) is 1. The van der Waals surface area contributed by atoms with Crippen LogP contribution in [0.1, 0.15) is 31.4 Å². The molecular weight excluding hydrogens is 376 g/mol. The van der Waals surface area contributed by atoms with E-state index in [0.29, 0.717) is 11.8 Å². The standard InChI is InChI=1S/C25H34N2OS/c1-20(2)24(29-19-22-11-7-4-8-12-22)25(28)26-17-23-14-16-27(18-23)15-13-21-9-5-3-6-10-21/h3-12,20,23-24H,13-19H2,1-2H3,(H,26,28). The van der Waals surface area contributed by atoms with E-state index in [1.165, 1.54) is 17.5 Å². The Morgan fingerprint density at radius 1 is 1.07 bits per heavy atom. The smallest absolute Gasteiger partial charge is 0.233 e. The Morgan fingerprint density at radius 2 is 1.72 bits per heavy atom. The average molecular weight is 411 g/mol. The summed E-state index contributed by atoms with van der Waals surface area (Å²) < 4.78 is 0. The van der Waals surface area contributed by atoms with Crippen LogP contribution in [0.5, 0.6) is 0 Å². The Kier molecular flexibility index (Phi) is 8.63. The van der Waals surface area contributed by atoms with Gasteiger partial charge >= 0.3 is 0 Å². The lowest BCUT2D eigenvalue weighted by molar-refractivity contribution is -0.121. The molecule has 0 aromatic heterocycles. The molecule has 0 aliphatic carbocycles. The SMILES string of the molecule is CC(C)C(SCc1ccccc1)C(=O)NCC1CCN(CCc2ccccc2)C1. The van der Waals surface area contributed by atoms with Crippen LogP contribution in [0, 0.1) is 11.8 Å². The molecule has 2 atom stereocenters. The van der Waals surface area contributed by atoms with E-state index < -0.39 is 0 Å². The highest BCUT2D eigenvalue weighted by Gasteiger charge is 2.26. The van der Waals surface area contributed by atoms with E-state index in [0.717, 1.165) is 38.4 Å². The summed E-state index contributed by atoms with van der Waals surface area (Å²) in [4.78, 5) is 15.3. The van der Waals surface area contributed by atoms with Crippen LogP contribution < -0.4 is 5.32 Å². The maximum Gasteiger partial charge on any atom is 0.233 e. The molecule has 0 radical (unpaired) electrons. The Balaban J connectivity index is 1.39. The second-order valence-corrected chi connectivity index (χ2v) is 9.53. The summed E-state index contributed by atoms with van der Waals surface area (Å²) >= 11 is 1.76. The van der Waals surface area contributed by atoms with Gasteiger partial charge in [0.2, 0.25) is 5.91 Å². The zero-order valence-corrected chi connectivity index (χ0v) is 18.5. The summed E-state index contributed by atoms with van der Waals surface area (Å²) in [6, 6.07) is 21.1. The molecule has 1 amide bonds. The van der Waals surface area contributed by atoms with Gasteiger partial charge in [0, 0.05) is 25.4 Å². The fraction of sp³-hybridized carbons (Fsp3) is 0.480. The molecule has 29 heavy (non-hydrogen) atoms. The van der Waals surface area contributed by atoms with Crippen molar-refractivity contribution < 1.29 is 4.79 Å². The lowest BCUT2D eigenvalue weighted by Crippen LogP contribution is -2.39. The summed E-state index contributed by atoms with van der Waals surface area (Å²) in [6.45, 7) is 8.43. The van der Waals surface area contributed by atoms with Crippen LogP contribution in [-0.2, 0) is 17.0 Å². The van der Waals surface area contributed by atoms with Gasteiger partial charge in [-0.1, -0.05) is 74.5 Å². The molecule has 0 spiro atoms. The summed E-state index contributed by atoms with van der Waals surface area (Å²) in [6.07, 6.45) is 2.28. The third-order valence-corrected chi connectivity index (χ3v) is 7.25. The van der Waals surface area contributed by atoms with E-state index in [9.17, 15) is 4.79 Å². The number of carbonyl (C=O) groups excluding carboxylic acids is 1. The molecule has 156 valence electrons. The number of rotatable bonds is 10. The predicted octanol–water partition coefficient (Wildman–Crippen LogP) is 4.63. The van der Waals surface area contributed by atoms with Crippen molar-refractivity contribution in [3.05, 3.63) is 71.8 Å². The third-order valence-electron chi connectivity index (χ3n) is 5.63. The van der Waals surface area contributed by atoms with Crippen LogP contribution in [0.2, 0.25) is 0 Å². The molecule has 2 aromatic carbocycles. The molecular formula is C25H34N2OS. The van der Waals surface area contributed by atoms with Crippen molar-refractivity contribution in [2.45, 2.75) is 37.7 Å². The number of nitrogens with zero attached hydrogens (tertiary/aromatic N) is 1. The first-order valence-corrected chi connectivity index (χ1v) is 11.9. The van der Waals surface area contributed by atoms with Gasteiger partial charge in [-0.05, 0) is 42.3 Å². The molecule has 2 aromatic rings. The van der Waals surface area contributed by atoms with Crippen molar-refractivity contribution >= 4 is 17.7 Å². The van der Waals surface area contributed by atoms with E-state index in [1.807, 2.05) is 6.07 Å². The van der Waals surface area contributed by atoms with E-state index in [-0.39, 0.29) is 11.2 Å². The molecule has 4 heteroatoms. The van der Waals surface area contributed by atoms with Crippen LogP contribution in [-0.4, -0.2) is 42.2 Å². The van der Waals surface area contributed by atoms with Gasteiger partial charge in [0.25, 0.3) is 0 Å². The summed E-state index contributed by atoms with van der Waals surface area (Å²) in [5, 5.41) is 3.26. The Labute approximate surface area is 180 Å². The van der Waals surface area contributed by atoms with Crippen molar-refractivity contribution in [3.63, 3.8) is 0 Å². The zero-order valence-electron chi connectivity index (χ0n) is 17.7. The van der Waals surface area contributed by atoms with Gasteiger partial charge in [-0.15, -0.1) is 11.8 Å². The Hall–Kier alpha value is -1.78. The van der Waals surface area contributed by atoms with Crippen molar-refractivity contribution in [2.75, 3.05) is 26.2 Å². The van der Waals surface area contributed by atoms with E-state index in [2.05, 4.69) is 78.7 Å². The normalized spacial score (nSPS) is 18.1. The monoisotopic (exact) mass is 410 g/mol. The van der Waals surface area contributed by atoms with Gasteiger partial charge in [0.15, 0.2) is 0 Å². The summed E-state index contributed by atoms with van der Waals surface area (Å²) in [7, 11) is 0. The Bertz CT molecular complexity index is 735. The quantitative estimate of drug-likeness (QED) is 0.620. The second kappa shape index (κ2) is 11.4. The van der Waals surface area contributed by atoms with Crippen LogP contribution >= 0.6 is 11.8 Å². The van der Waals surface area contributed by atoms with Gasteiger partial charge < -0.3 is 10.2 Å². The maximum absolute atomic E-state index is 12.8. The molecule has 0 saturated carbocycles. The maximum atomic E-state index is 12.8. The van der Waals surface area contributed by atoms with Crippen molar-refractivity contribution in [1.29, 1.82) is 0 Å². The van der Waals surface area contributed by atoms with Crippen LogP contribution in [0.3, 0.4) is 0 Å². The highest BCUT2D eigenvalue weighted by molar-refractivity contribution is 7.99. The van der Waals surface area contributed by atoms with E-state index in [4.69, 9.17) is 0 Å². The fourth-order valence-corrected chi connectivity index (χ4v) is 5.08. The number of carbonyl (C=O) groups is 1. The largest absolute Gasteiger partial charge is 0.355 e. The number of thioether (sulfide) groups is 1. The number of hydrogen-bond donors (Lipinski definition) is 1. The van der Waals surface area contributed by atoms with Gasteiger partial charge in [0.1, 0.15) is 0 Å². The molecule has 1 heterocycles. The van der Waals surface area contributed by atoms with Crippen molar-refractivity contribution in [2.24, 2.45) is 11.8 Å². The minimum atomic E-state index is 0.00536. The lowest BCUT2D eigenvalue weighted by Gasteiger charge is -2.21. The van der Waals surface area contributed by atoms with Gasteiger partial charge in [-0.3, -0.25) is 4.79 Å². The molecule has 3 rings (SSSR count). The Morgan fingerprint density at radius 3 is 2.38 bits per heavy atom. The highest BCUT2D eigenvalue weighted by atomic mass is 32.2. The first kappa shape index (κ1) is 21.9. The number of nitrogens with one attached hydrogen (secondary N) is 1. The molecule has 2 unspecified atom stereocenters. The third kappa shape index (κ3) is 7.20. The topological polar surface area (TPSA) is 32.3 Å². The van der Waals surface area contributed by atoms with Gasteiger partial charge in [0.05, 0.1) is 5.25 Å². The minimum Gasteiger partial charge on any atom is -0.355 e.